The van der Waals surface area contributed by atoms with Crippen molar-refractivity contribution >= 4 is 83.6 Å². The van der Waals surface area contributed by atoms with Gasteiger partial charge < -0.3 is 111 Å². The van der Waals surface area contributed by atoms with Gasteiger partial charge in [-0.15, -0.1) is 0 Å². The van der Waals surface area contributed by atoms with E-state index < -0.39 is 168 Å². The zero-order valence-corrected chi connectivity index (χ0v) is 66.0. The van der Waals surface area contributed by atoms with E-state index >= 15 is 0 Å². The highest BCUT2D eigenvalue weighted by Gasteiger charge is 2.33. The molecule has 0 aromatic carbocycles. The standard InChI is InChI=1S/C69H132N20O15/c1-35(2)24-48(31-73-64(99)82-47(20)58(93)87-52(28-39(9)10)61(96)81-46(19)57(92)86-51(27-38(7)8)60(95)80-45(18)56(91)85-50(26-37(5)6)59(94)79-44(17)55(70)90)83-65(100)71-29-42(15)77-62(97)75-33-53(40(11)12)88-67(102)74-32-49(25-36(3)4)84-66(101)72-30-43(16)78-63(98)76-34-54(41(13)14)89-68(103)104-69(21,22)23/h35-54H,24-34H2,1-23H3,(H2,70,90)(H,79,94)(H,80,95)(H,81,96)(H,85,91)(H,86,92)(H,87,93)(H,89,103)(H2,71,83,100)(H2,72,84,101)(H2,73,82,99)(H2,74,88,102)(H2,75,77,97)(H2,76,78,98)/t42-,43-,44-,45-,46-,47-,48-,49-,50-,51-,52-,53+,54+/m0/s1. The Morgan fingerprint density at radius 2 is 0.558 bits per heavy atom. The van der Waals surface area contributed by atoms with Crippen LogP contribution < -0.4 is 107 Å². The van der Waals surface area contributed by atoms with Gasteiger partial charge in [0, 0.05) is 63.4 Å². The van der Waals surface area contributed by atoms with Gasteiger partial charge in [0.2, 0.25) is 41.4 Å². The Balaban J connectivity index is 5.40. The first kappa shape index (κ1) is 95.2. The first-order valence-corrected chi connectivity index (χ1v) is 36.4. The van der Waals surface area contributed by atoms with Crippen molar-refractivity contribution in [3.05, 3.63) is 0 Å². The summed E-state index contributed by atoms with van der Waals surface area (Å²) >= 11 is 0. The zero-order chi connectivity index (χ0) is 80.1. The maximum absolute atomic E-state index is 13.7. The number of carbonyl (C=O) groups excluding carboxylic acids is 14. The number of primary amides is 1. The molecule has 0 aliphatic heterocycles. The second-order valence-corrected chi connectivity index (χ2v) is 30.8. The van der Waals surface area contributed by atoms with Gasteiger partial charge in [-0.25, -0.2) is 33.6 Å². The van der Waals surface area contributed by atoms with Crippen LogP contribution >= 0.6 is 0 Å². The summed E-state index contributed by atoms with van der Waals surface area (Å²) in [6, 6.07) is -14.3. The van der Waals surface area contributed by atoms with Gasteiger partial charge in [0.05, 0.1) is 12.1 Å². The molecular weight excluding hydrogens is 1350 g/mol. The molecule has 0 saturated carbocycles. The first-order valence-electron chi connectivity index (χ1n) is 36.4. The van der Waals surface area contributed by atoms with Crippen LogP contribution in [0.4, 0.5) is 33.6 Å². The van der Waals surface area contributed by atoms with Crippen LogP contribution in [0.25, 0.3) is 0 Å². The van der Waals surface area contributed by atoms with Gasteiger partial charge in [0.15, 0.2) is 0 Å². The zero-order valence-electron chi connectivity index (χ0n) is 66.0. The lowest BCUT2D eigenvalue weighted by Gasteiger charge is -2.27. The molecule has 21 N–H and O–H groups in total. The molecule has 0 bridgehead atoms. The molecule has 0 aromatic heterocycles. The quantitative estimate of drug-likeness (QED) is 0.0415. The molecule has 35 nitrogen and oxygen atoms in total. The van der Waals surface area contributed by atoms with Crippen LogP contribution in [0.5, 0.6) is 0 Å². The molecule has 0 heterocycles. The highest BCUT2D eigenvalue weighted by molar-refractivity contribution is 5.97. The fourth-order valence-electron chi connectivity index (χ4n) is 10.0. The van der Waals surface area contributed by atoms with Crippen molar-refractivity contribution in [3.63, 3.8) is 0 Å². The summed E-state index contributed by atoms with van der Waals surface area (Å²) in [5.41, 5.74) is 4.62. The van der Waals surface area contributed by atoms with Crippen LogP contribution in [0.3, 0.4) is 0 Å². The number of nitrogens with one attached hydrogen (secondary N) is 19. The Morgan fingerprint density at radius 1 is 0.288 bits per heavy atom. The lowest BCUT2D eigenvalue weighted by molar-refractivity contribution is -0.135. The highest BCUT2D eigenvalue weighted by Crippen LogP contribution is 2.13. The summed E-state index contributed by atoms with van der Waals surface area (Å²) in [5, 5.41) is 51.5. The van der Waals surface area contributed by atoms with Gasteiger partial charge >= 0.3 is 42.3 Å². The number of urea groups is 6. The van der Waals surface area contributed by atoms with E-state index in [-0.39, 0.29) is 100.0 Å². The Morgan fingerprint density at radius 3 is 0.865 bits per heavy atom. The van der Waals surface area contributed by atoms with Crippen molar-refractivity contribution in [1.82, 2.24) is 101 Å². The van der Waals surface area contributed by atoms with Crippen LogP contribution in [0, 0.1) is 41.4 Å². The maximum atomic E-state index is 13.7. The van der Waals surface area contributed by atoms with Gasteiger partial charge in [0.25, 0.3) is 0 Å². The summed E-state index contributed by atoms with van der Waals surface area (Å²) < 4.78 is 5.34. The maximum Gasteiger partial charge on any atom is 0.407 e. The van der Waals surface area contributed by atoms with Crippen LogP contribution in [0.1, 0.15) is 191 Å². The molecule has 0 aromatic rings. The van der Waals surface area contributed by atoms with Crippen LogP contribution in [-0.2, 0) is 38.3 Å². The molecule has 13 atom stereocenters. The summed E-state index contributed by atoms with van der Waals surface area (Å²) in [7, 11) is 0. The van der Waals surface area contributed by atoms with Gasteiger partial charge in [-0.2, -0.15) is 0 Å². The molecule has 0 saturated heterocycles. The van der Waals surface area contributed by atoms with Crippen LogP contribution in [0.2, 0.25) is 0 Å². The SMILES string of the molecule is CC(C)C[C@@H](CNC(=O)N[C@@H](C)C(=O)N[C@@H](CC(C)C)C(=O)N[C@@H](C)C(=O)N[C@@H](CC(C)C)C(=O)N[C@@H](C)C(=O)N[C@@H](CC(C)C)C(=O)N[C@@H](C)C(N)=O)NC(=O)NC[C@H](C)NC(=O)NC[C@@H](NC(=O)NC[C@H](CC(C)C)NC(=O)NC[C@H](C)NC(=O)NC[C@@H](NC(=O)OC(C)(C)C)C(C)C)C(C)C. The Bertz CT molecular complexity index is 2770. The van der Waals surface area contributed by atoms with Crippen molar-refractivity contribution in [2.24, 2.45) is 47.2 Å². The lowest BCUT2D eigenvalue weighted by atomic mass is 10.0. The molecule has 0 unspecified atom stereocenters. The molecule has 598 valence electrons. The van der Waals surface area contributed by atoms with Gasteiger partial charge in [0.1, 0.15) is 47.9 Å². The fourth-order valence-corrected chi connectivity index (χ4v) is 10.0. The van der Waals surface area contributed by atoms with E-state index in [1.54, 1.807) is 34.6 Å². The number of alkyl carbamates (subject to hydrolysis) is 1. The fraction of sp³-hybridized carbons (Fsp3) is 0.797. The third-order valence-corrected chi connectivity index (χ3v) is 15.7. The minimum absolute atomic E-state index is 0.00556. The highest BCUT2D eigenvalue weighted by atomic mass is 16.6. The largest absolute Gasteiger partial charge is 0.444 e. The molecule has 0 fully saturated rings. The number of hydrogen-bond donors (Lipinski definition) is 20. The summed E-state index contributed by atoms with van der Waals surface area (Å²) in [6.07, 6.45) is 0.872. The average molecular weight is 1480 g/mol. The van der Waals surface area contributed by atoms with E-state index in [1.165, 1.54) is 27.7 Å². The molecule has 0 aliphatic rings. The molecule has 35 heteroatoms. The lowest BCUT2D eigenvalue weighted by Crippen LogP contribution is -2.59. The molecule has 104 heavy (non-hydrogen) atoms. The second kappa shape index (κ2) is 48.3. The van der Waals surface area contributed by atoms with Gasteiger partial charge in [-0.05, 0) is 136 Å². The number of amides is 20. The average Bonchev–Trinajstić information content (AvgIpc) is 0.867. The first-order chi connectivity index (χ1) is 48.1. The van der Waals surface area contributed by atoms with E-state index in [2.05, 4.69) is 101 Å². The minimum atomic E-state index is -1.22. The summed E-state index contributed by atoms with van der Waals surface area (Å²) in [5.74, 6) is -5.18. The van der Waals surface area contributed by atoms with E-state index in [4.69, 9.17) is 10.5 Å². The normalized spacial score (nSPS) is 15.2. The third-order valence-electron chi connectivity index (χ3n) is 15.7. The predicted octanol–water partition coefficient (Wildman–Crippen LogP) is 1.94. The summed E-state index contributed by atoms with van der Waals surface area (Å²) in [6.45, 7) is 40.9. The van der Waals surface area contributed by atoms with Crippen LogP contribution in [0.15, 0.2) is 0 Å². The van der Waals surface area contributed by atoms with E-state index in [1.807, 2.05) is 96.9 Å². The monoisotopic (exact) mass is 1480 g/mol. The minimum Gasteiger partial charge on any atom is -0.444 e. The number of ether oxygens (including phenoxy) is 1. The third kappa shape index (κ3) is 44.0. The number of hydrogen-bond acceptors (Lipinski definition) is 15. The number of carbonyl (C=O) groups is 14. The molecule has 0 aliphatic carbocycles. The van der Waals surface area contributed by atoms with Crippen molar-refractivity contribution in [1.29, 1.82) is 0 Å². The molecule has 0 spiro atoms. The molecular formula is C69H132N20O15. The Labute approximate surface area is 616 Å². The van der Waals surface area contributed by atoms with Crippen molar-refractivity contribution in [3.8, 4) is 0 Å². The van der Waals surface area contributed by atoms with E-state index in [0.29, 0.717) is 12.8 Å². The number of rotatable bonds is 44. The second-order valence-electron chi connectivity index (χ2n) is 30.8. The van der Waals surface area contributed by atoms with Crippen molar-refractivity contribution in [2.75, 3.05) is 39.3 Å². The predicted molar refractivity (Wildman–Crippen MR) is 397 cm³/mol. The Hall–Kier alpha value is -8.82. The van der Waals surface area contributed by atoms with E-state index in [9.17, 15) is 67.1 Å². The number of nitrogens with two attached hydrogens (primary N) is 1. The van der Waals surface area contributed by atoms with Crippen molar-refractivity contribution in [2.45, 2.75) is 275 Å². The smallest absolute Gasteiger partial charge is 0.407 e. The molecule has 0 radical (unpaired) electrons. The van der Waals surface area contributed by atoms with Gasteiger partial charge in [-0.1, -0.05) is 96.9 Å². The topological polar surface area (TPSA) is 503 Å². The van der Waals surface area contributed by atoms with E-state index in [0.717, 1.165) is 0 Å². The van der Waals surface area contributed by atoms with Crippen LogP contribution in [-0.4, -0.2) is 207 Å². The molecule has 20 amide bonds. The van der Waals surface area contributed by atoms with Gasteiger partial charge in [-0.3, -0.25) is 33.6 Å². The van der Waals surface area contributed by atoms with Crippen molar-refractivity contribution < 1.29 is 71.9 Å². The Kier molecular flexibility index (Phi) is 44.2. The molecule has 0 rings (SSSR count). The summed E-state index contributed by atoms with van der Waals surface area (Å²) in [4.78, 5) is 183.